The van der Waals surface area contributed by atoms with Crippen LogP contribution in [0.2, 0.25) is 15.1 Å². The van der Waals surface area contributed by atoms with Crippen LogP contribution in [0.4, 0.5) is 0 Å². The third-order valence-corrected chi connectivity index (χ3v) is 2.95. The predicted molar refractivity (Wildman–Crippen MR) is 78.7 cm³/mol. The molecule has 0 fully saturated rings. The van der Waals surface area contributed by atoms with Crippen LogP contribution in [-0.2, 0) is 14.3 Å². The zero-order valence-electron chi connectivity index (χ0n) is 10.9. The summed E-state index contributed by atoms with van der Waals surface area (Å²) in [6.07, 6.45) is -0.852. The third kappa shape index (κ3) is 4.87. The Morgan fingerprint density at radius 2 is 1.85 bits per heavy atom. The van der Waals surface area contributed by atoms with Gasteiger partial charge in [0, 0.05) is 17.7 Å². The summed E-state index contributed by atoms with van der Waals surface area (Å²) in [5, 5.41) is 0.849. The van der Waals surface area contributed by atoms with E-state index in [-0.39, 0.29) is 28.0 Å². The Labute approximate surface area is 132 Å². The van der Waals surface area contributed by atoms with E-state index in [1.165, 1.54) is 26.2 Å². The van der Waals surface area contributed by atoms with Crippen LogP contribution in [0.5, 0.6) is 5.75 Å². The van der Waals surface area contributed by atoms with Crippen molar-refractivity contribution in [1.82, 2.24) is 0 Å². The molecule has 0 aliphatic rings. The van der Waals surface area contributed by atoms with E-state index in [0.29, 0.717) is 5.02 Å². The molecule has 0 saturated carbocycles. The molecule has 0 aliphatic heterocycles. The lowest BCUT2D eigenvalue weighted by atomic mass is 10.3. The molecule has 0 bridgehead atoms. The van der Waals surface area contributed by atoms with Gasteiger partial charge in [-0.3, -0.25) is 0 Å². The first kappa shape index (κ1) is 17.1. The second-order valence-electron chi connectivity index (χ2n) is 3.86. The SMILES string of the molecule is C=C(C)C(=O)OCC(OC)Oc1c(Cl)cc(Cl)cc1Cl. The molecule has 110 valence electrons. The molecule has 1 atom stereocenters. The highest BCUT2D eigenvalue weighted by Crippen LogP contribution is 2.36. The van der Waals surface area contributed by atoms with Gasteiger partial charge in [-0.2, -0.15) is 0 Å². The van der Waals surface area contributed by atoms with Gasteiger partial charge in [0.15, 0.2) is 12.4 Å². The molecule has 0 aliphatic carbocycles. The molecule has 1 rings (SSSR count). The maximum atomic E-state index is 11.3. The number of benzene rings is 1. The zero-order valence-corrected chi connectivity index (χ0v) is 13.2. The van der Waals surface area contributed by atoms with E-state index in [1.807, 2.05) is 0 Å². The quantitative estimate of drug-likeness (QED) is 0.444. The Hall–Kier alpha value is -0.940. The third-order valence-electron chi connectivity index (χ3n) is 2.17. The van der Waals surface area contributed by atoms with E-state index in [1.54, 1.807) is 0 Å². The van der Waals surface area contributed by atoms with Gasteiger partial charge in [0.1, 0.15) is 0 Å². The van der Waals surface area contributed by atoms with Crippen molar-refractivity contribution in [1.29, 1.82) is 0 Å². The number of carbonyl (C=O) groups excluding carboxylic acids is 1. The second-order valence-corrected chi connectivity index (χ2v) is 5.11. The fourth-order valence-electron chi connectivity index (χ4n) is 1.19. The van der Waals surface area contributed by atoms with Gasteiger partial charge >= 0.3 is 5.97 Å². The van der Waals surface area contributed by atoms with E-state index < -0.39 is 12.3 Å². The van der Waals surface area contributed by atoms with Crippen molar-refractivity contribution in [2.24, 2.45) is 0 Å². The molecular formula is C13H13Cl3O4. The van der Waals surface area contributed by atoms with Crippen molar-refractivity contribution >= 4 is 40.8 Å². The number of hydrogen-bond acceptors (Lipinski definition) is 4. The Morgan fingerprint density at radius 1 is 1.30 bits per heavy atom. The Balaban J connectivity index is 2.74. The summed E-state index contributed by atoms with van der Waals surface area (Å²) in [6, 6.07) is 2.97. The molecule has 0 spiro atoms. The van der Waals surface area contributed by atoms with Crippen molar-refractivity contribution in [3.63, 3.8) is 0 Å². The molecule has 0 heterocycles. The van der Waals surface area contributed by atoms with Gasteiger partial charge in [-0.25, -0.2) is 4.79 Å². The highest BCUT2D eigenvalue weighted by Gasteiger charge is 2.17. The van der Waals surface area contributed by atoms with Crippen LogP contribution in [0.15, 0.2) is 24.3 Å². The van der Waals surface area contributed by atoms with Crippen LogP contribution < -0.4 is 4.74 Å². The van der Waals surface area contributed by atoms with E-state index >= 15 is 0 Å². The number of halogens is 3. The molecule has 20 heavy (non-hydrogen) atoms. The minimum atomic E-state index is -0.852. The first-order valence-corrected chi connectivity index (χ1v) is 6.65. The van der Waals surface area contributed by atoms with Crippen LogP contribution in [0, 0.1) is 0 Å². The van der Waals surface area contributed by atoms with Gasteiger partial charge in [-0.05, 0) is 19.1 Å². The van der Waals surface area contributed by atoms with Crippen molar-refractivity contribution in [3.05, 3.63) is 39.4 Å². The smallest absolute Gasteiger partial charge is 0.333 e. The number of esters is 1. The van der Waals surface area contributed by atoms with Crippen molar-refractivity contribution < 1.29 is 19.0 Å². The van der Waals surface area contributed by atoms with Gasteiger partial charge in [-0.1, -0.05) is 41.4 Å². The highest BCUT2D eigenvalue weighted by atomic mass is 35.5. The van der Waals surface area contributed by atoms with Crippen molar-refractivity contribution in [3.8, 4) is 5.75 Å². The van der Waals surface area contributed by atoms with E-state index in [2.05, 4.69) is 6.58 Å². The van der Waals surface area contributed by atoms with Crippen molar-refractivity contribution in [2.75, 3.05) is 13.7 Å². The molecular weight excluding hydrogens is 326 g/mol. The lowest BCUT2D eigenvalue weighted by Gasteiger charge is -2.19. The molecule has 0 N–H and O–H groups in total. The molecule has 4 nitrogen and oxygen atoms in total. The lowest BCUT2D eigenvalue weighted by Crippen LogP contribution is -2.27. The fourth-order valence-corrected chi connectivity index (χ4v) is 2.10. The normalized spacial score (nSPS) is 11.8. The summed E-state index contributed by atoms with van der Waals surface area (Å²) in [5.41, 5.74) is 0.280. The number of hydrogen-bond donors (Lipinski definition) is 0. The summed E-state index contributed by atoms with van der Waals surface area (Å²) in [5.74, 6) is -0.333. The zero-order chi connectivity index (χ0) is 15.3. The van der Waals surface area contributed by atoms with Gasteiger partial charge in [0.2, 0.25) is 6.29 Å². The van der Waals surface area contributed by atoms with Gasteiger partial charge in [0.25, 0.3) is 0 Å². The summed E-state index contributed by atoms with van der Waals surface area (Å²) in [4.78, 5) is 11.3. The topological polar surface area (TPSA) is 44.8 Å². The maximum absolute atomic E-state index is 11.3. The Bertz CT molecular complexity index is 493. The molecule has 0 aromatic heterocycles. The minimum Gasteiger partial charge on any atom is -0.458 e. The maximum Gasteiger partial charge on any atom is 0.333 e. The van der Waals surface area contributed by atoms with Gasteiger partial charge in [-0.15, -0.1) is 0 Å². The summed E-state index contributed by atoms with van der Waals surface area (Å²) in [7, 11) is 1.40. The molecule has 1 unspecified atom stereocenters. The van der Waals surface area contributed by atoms with E-state index in [9.17, 15) is 4.79 Å². The molecule has 0 radical (unpaired) electrons. The number of carbonyl (C=O) groups is 1. The average Bonchev–Trinajstić information content (AvgIpc) is 2.36. The minimum absolute atomic E-state index is 0.128. The van der Waals surface area contributed by atoms with Crippen LogP contribution in [0.25, 0.3) is 0 Å². The fraction of sp³-hybridized carbons (Fsp3) is 0.308. The summed E-state index contributed by atoms with van der Waals surface area (Å²) in [6.45, 7) is 4.88. The predicted octanol–water partition coefficient (Wildman–Crippen LogP) is 4.12. The van der Waals surface area contributed by atoms with Crippen LogP contribution >= 0.6 is 34.8 Å². The van der Waals surface area contributed by atoms with Gasteiger partial charge < -0.3 is 14.2 Å². The van der Waals surface area contributed by atoms with Gasteiger partial charge in [0.05, 0.1) is 10.0 Å². The molecule has 0 amide bonds. The highest BCUT2D eigenvalue weighted by molar-refractivity contribution is 6.40. The Morgan fingerprint density at radius 3 is 2.30 bits per heavy atom. The van der Waals surface area contributed by atoms with E-state index in [0.717, 1.165) is 0 Å². The molecule has 7 heteroatoms. The molecule has 1 aromatic carbocycles. The van der Waals surface area contributed by atoms with Crippen molar-refractivity contribution in [2.45, 2.75) is 13.2 Å². The summed E-state index contributed by atoms with van der Waals surface area (Å²) < 4.78 is 15.4. The molecule has 0 saturated heterocycles. The lowest BCUT2D eigenvalue weighted by molar-refractivity contribution is -0.152. The second kappa shape index (κ2) is 7.74. The first-order chi connectivity index (χ1) is 9.35. The van der Waals surface area contributed by atoms with E-state index in [4.69, 9.17) is 49.0 Å². The van der Waals surface area contributed by atoms with Crippen LogP contribution in [0.3, 0.4) is 0 Å². The van der Waals surface area contributed by atoms with Crippen LogP contribution in [-0.4, -0.2) is 26.0 Å². The number of ether oxygens (including phenoxy) is 3. The first-order valence-electron chi connectivity index (χ1n) is 5.51. The number of rotatable bonds is 6. The monoisotopic (exact) mass is 338 g/mol. The van der Waals surface area contributed by atoms with Crippen LogP contribution in [0.1, 0.15) is 6.92 Å². The molecule has 1 aromatic rings. The largest absolute Gasteiger partial charge is 0.458 e. The average molecular weight is 340 g/mol. The number of methoxy groups -OCH3 is 1. The summed E-state index contributed by atoms with van der Waals surface area (Å²) >= 11 is 17.8. The Kier molecular flexibility index (Phi) is 6.62. The standard InChI is InChI=1S/C13H13Cl3O4/c1-7(2)13(17)19-6-11(18-3)20-12-9(15)4-8(14)5-10(12)16/h4-5,11H,1,6H2,2-3H3.